The molecule has 4 saturated carbocycles. The molecule has 4 bridgehead atoms. The van der Waals surface area contributed by atoms with E-state index in [9.17, 15) is 4.79 Å². The monoisotopic (exact) mass is 391 g/mol. The van der Waals surface area contributed by atoms with Crippen molar-refractivity contribution in [2.75, 3.05) is 13.1 Å². The highest BCUT2D eigenvalue weighted by Gasteiger charge is 2.55. The van der Waals surface area contributed by atoms with Crippen LogP contribution in [0.3, 0.4) is 0 Å². The van der Waals surface area contributed by atoms with Crippen LogP contribution < -0.4 is 0 Å². The summed E-state index contributed by atoms with van der Waals surface area (Å²) in [5.41, 5.74) is 1.85. The summed E-state index contributed by atoms with van der Waals surface area (Å²) < 4.78 is 1.99. The number of pyridine rings is 1. The van der Waals surface area contributed by atoms with Crippen molar-refractivity contribution in [1.29, 1.82) is 0 Å². The third-order valence-corrected chi connectivity index (χ3v) is 8.09. The molecule has 6 heteroatoms. The van der Waals surface area contributed by atoms with Gasteiger partial charge in [-0.2, -0.15) is 0 Å². The molecule has 5 fully saturated rings. The molecule has 29 heavy (non-hydrogen) atoms. The van der Waals surface area contributed by atoms with Crippen molar-refractivity contribution in [1.82, 2.24) is 24.9 Å². The molecule has 0 spiro atoms. The van der Waals surface area contributed by atoms with Gasteiger partial charge in [-0.15, -0.1) is 5.10 Å². The fourth-order valence-electron chi connectivity index (χ4n) is 7.14. The molecule has 7 rings (SSSR count). The lowest BCUT2D eigenvalue weighted by Gasteiger charge is -2.57. The predicted octanol–water partition coefficient (Wildman–Crippen LogP) is 3.72. The summed E-state index contributed by atoms with van der Waals surface area (Å²) in [6.45, 7) is 1.71. The number of likely N-dealkylation sites (tertiary alicyclic amines) is 1. The van der Waals surface area contributed by atoms with Crippen molar-refractivity contribution < 1.29 is 4.79 Å². The van der Waals surface area contributed by atoms with Gasteiger partial charge in [0.05, 0.1) is 17.7 Å². The van der Waals surface area contributed by atoms with Gasteiger partial charge in [0.25, 0.3) is 0 Å². The Bertz CT molecular complexity index is 864. The van der Waals surface area contributed by atoms with Crippen LogP contribution >= 0.6 is 0 Å². The lowest BCUT2D eigenvalue weighted by atomic mass is 9.49. The summed E-state index contributed by atoms with van der Waals surface area (Å²) in [7, 11) is 0. The third kappa shape index (κ3) is 2.99. The van der Waals surface area contributed by atoms with Gasteiger partial charge in [-0.1, -0.05) is 5.21 Å². The van der Waals surface area contributed by atoms with Crippen molar-refractivity contribution in [3.8, 4) is 11.3 Å². The Balaban J connectivity index is 1.12. The van der Waals surface area contributed by atoms with E-state index in [1.54, 1.807) is 6.20 Å². The maximum atomic E-state index is 13.6. The molecular formula is C23H29N5O. The molecule has 0 unspecified atom stereocenters. The lowest BCUT2D eigenvalue weighted by Crippen LogP contribution is -2.55. The minimum atomic E-state index is -0.0116. The summed E-state index contributed by atoms with van der Waals surface area (Å²) in [5.74, 6) is 2.95. The number of amides is 1. The van der Waals surface area contributed by atoms with E-state index in [1.807, 2.05) is 29.2 Å². The lowest BCUT2D eigenvalue weighted by molar-refractivity contribution is -0.159. The summed E-state index contributed by atoms with van der Waals surface area (Å²) in [6.07, 6.45) is 15.2. The average Bonchev–Trinajstić information content (AvgIpc) is 3.23. The summed E-state index contributed by atoms with van der Waals surface area (Å²) in [6, 6.07) is 4.25. The molecule has 0 N–H and O–H groups in total. The summed E-state index contributed by atoms with van der Waals surface area (Å²) in [4.78, 5) is 19.9. The van der Waals surface area contributed by atoms with Crippen molar-refractivity contribution in [3.63, 3.8) is 0 Å². The zero-order valence-electron chi connectivity index (χ0n) is 16.9. The van der Waals surface area contributed by atoms with E-state index >= 15 is 0 Å². The van der Waals surface area contributed by atoms with Crippen molar-refractivity contribution >= 4 is 5.91 Å². The first kappa shape index (κ1) is 17.6. The standard InChI is InChI=1S/C23H29N5O/c29-22(23-11-16-8-17(12-23)10-18(9-16)13-23)27-6-3-20(4-7-27)28-15-21(25-26-28)19-2-1-5-24-14-19/h1-2,5,14-18,20H,3-4,6-13H2. The second kappa shape index (κ2) is 6.64. The van der Waals surface area contributed by atoms with Gasteiger partial charge in [0.15, 0.2) is 0 Å². The maximum absolute atomic E-state index is 13.6. The van der Waals surface area contributed by atoms with Crippen LogP contribution in [0.5, 0.6) is 0 Å². The maximum Gasteiger partial charge on any atom is 0.228 e. The quantitative estimate of drug-likeness (QED) is 0.800. The Kier molecular flexibility index (Phi) is 4.03. The number of aromatic nitrogens is 4. The van der Waals surface area contributed by atoms with Gasteiger partial charge < -0.3 is 4.90 Å². The Labute approximate surface area is 171 Å². The SMILES string of the molecule is O=C(N1CCC(n2cc(-c3cccnc3)nn2)CC1)C12CC3CC(CC(C3)C1)C2. The third-order valence-electron chi connectivity index (χ3n) is 8.09. The topological polar surface area (TPSA) is 63.9 Å². The number of rotatable bonds is 3. The van der Waals surface area contributed by atoms with Crippen LogP contribution in [-0.4, -0.2) is 43.9 Å². The molecule has 152 valence electrons. The minimum Gasteiger partial charge on any atom is -0.342 e. The van der Waals surface area contributed by atoms with Crippen LogP contribution in [0.1, 0.15) is 57.4 Å². The highest BCUT2D eigenvalue weighted by atomic mass is 16.2. The molecular weight excluding hydrogens is 362 g/mol. The number of carbonyl (C=O) groups excluding carboxylic acids is 1. The van der Waals surface area contributed by atoms with E-state index in [4.69, 9.17) is 0 Å². The fourth-order valence-corrected chi connectivity index (χ4v) is 7.14. The smallest absolute Gasteiger partial charge is 0.228 e. The van der Waals surface area contributed by atoms with E-state index in [1.165, 1.54) is 19.3 Å². The molecule has 5 aliphatic rings. The number of nitrogens with zero attached hydrogens (tertiary/aromatic N) is 5. The first-order valence-corrected chi connectivity index (χ1v) is 11.3. The van der Waals surface area contributed by atoms with Gasteiger partial charge in [-0.3, -0.25) is 9.78 Å². The van der Waals surface area contributed by atoms with Gasteiger partial charge in [0.1, 0.15) is 5.69 Å². The second-order valence-corrected chi connectivity index (χ2v) is 10.0. The van der Waals surface area contributed by atoms with Gasteiger partial charge in [-0.25, -0.2) is 4.68 Å². The molecule has 4 aliphatic carbocycles. The van der Waals surface area contributed by atoms with Crippen LogP contribution in [0.15, 0.2) is 30.7 Å². The van der Waals surface area contributed by atoms with Gasteiger partial charge in [0, 0.05) is 31.0 Å². The predicted molar refractivity (Wildman–Crippen MR) is 109 cm³/mol. The van der Waals surface area contributed by atoms with Crippen LogP contribution in [0.2, 0.25) is 0 Å². The van der Waals surface area contributed by atoms with Gasteiger partial charge in [-0.05, 0) is 81.3 Å². The zero-order valence-corrected chi connectivity index (χ0v) is 16.9. The highest BCUT2D eigenvalue weighted by molar-refractivity contribution is 5.83. The molecule has 3 heterocycles. The Hall–Kier alpha value is -2.24. The molecule has 6 nitrogen and oxygen atoms in total. The Morgan fingerprint density at radius 3 is 2.34 bits per heavy atom. The highest BCUT2D eigenvalue weighted by Crippen LogP contribution is 2.60. The van der Waals surface area contributed by atoms with Gasteiger partial charge >= 0.3 is 0 Å². The number of carbonyl (C=O) groups is 1. The Morgan fingerprint density at radius 2 is 1.72 bits per heavy atom. The number of piperidine rings is 1. The molecule has 1 saturated heterocycles. The first-order chi connectivity index (χ1) is 14.2. The largest absolute Gasteiger partial charge is 0.342 e. The van der Waals surface area contributed by atoms with E-state index in [0.717, 1.165) is 74.2 Å². The van der Waals surface area contributed by atoms with Crippen LogP contribution in [-0.2, 0) is 4.79 Å². The van der Waals surface area contributed by atoms with E-state index < -0.39 is 0 Å². The Morgan fingerprint density at radius 1 is 1.03 bits per heavy atom. The van der Waals surface area contributed by atoms with E-state index in [-0.39, 0.29) is 5.41 Å². The molecule has 2 aromatic heterocycles. The van der Waals surface area contributed by atoms with E-state index in [0.29, 0.717) is 11.9 Å². The average molecular weight is 392 g/mol. The fraction of sp³-hybridized carbons (Fsp3) is 0.652. The van der Waals surface area contributed by atoms with Crippen molar-refractivity contribution in [2.24, 2.45) is 23.2 Å². The van der Waals surface area contributed by atoms with Gasteiger partial charge in [0.2, 0.25) is 5.91 Å². The van der Waals surface area contributed by atoms with E-state index in [2.05, 4.69) is 20.2 Å². The summed E-state index contributed by atoms with van der Waals surface area (Å²) >= 11 is 0. The molecule has 0 aromatic carbocycles. The summed E-state index contributed by atoms with van der Waals surface area (Å²) in [5, 5.41) is 8.71. The molecule has 0 radical (unpaired) electrons. The number of hydrogen-bond donors (Lipinski definition) is 0. The van der Waals surface area contributed by atoms with Crippen LogP contribution in [0.25, 0.3) is 11.3 Å². The van der Waals surface area contributed by atoms with Crippen molar-refractivity contribution in [2.45, 2.75) is 57.4 Å². The molecule has 1 aliphatic heterocycles. The molecule has 2 aromatic rings. The zero-order chi connectivity index (χ0) is 19.4. The molecule has 0 atom stereocenters. The second-order valence-electron chi connectivity index (χ2n) is 10.0. The number of hydrogen-bond acceptors (Lipinski definition) is 4. The van der Waals surface area contributed by atoms with Crippen LogP contribution in [0.4, 0.5) is 0 Å². The molecule has 1 amide bonds. The normalized spacial score (nSPS) is 33.9. The minimum absolute atomic E-state index is 0.0116. The van der Waals surface area contributed by atoms with Crippen LogP contribution in [0, 0.1) is 23.2 Å². The van der Waals surface area contributed by atoms with Crippen molar-refractivity contribution in [3.05, 3.63) is 30.7 Å². The first-order valence-electron chi connectivity index (χ1n) is 11.3.